The highest BCUT2D eigenvalue weighted by atomic mass is 127. The number of hydrogen-bond acceptors (Lipinski definition) is 1. The van der Waals surface area contributed by atoms with Gasteiger partial charge in [0.2, 0.25) is 0 Å². The number of rotatable bonds is 3. The van der Waals surface area contributed by atoms with Gasteiger partial charge in [0.05, 0.1) is 0 Å². The molecule has 3 heteroatoms. The van der Waals surface area contributed by atoms with Gasteiger partial charge >= 0.3 is 0 Å². The van der Waals surface area contributed by atoms with Crippen molar-refractivity contribution in [1.29, 1.82) is 0 Å². The molecule has 0 aliphatic carbocycles. The van der Waals surface area contributed by atoms with Gasteiger partial charge in [-0.3, -0.25) is 0 Å². The number of benzene rings is 2. The molecule has 0 saturated carbocycles. The van der Waals surface area contributed by atoms with Crippen LogP contribution in [-0.2, 0) is 6.61 Å². The van der Waals surface area contributed by atoms with Crippen LogP contribution in [0.5, 0.6) is 5.75 Å². The molecule has 0 amide bonds. The van der Waals surface area contributed by atoms with E-state index in [0.29, 0.717) is 6.61 Å². The SMILES string of the molecule is Cc1cc(Cl)cc(C)c1OCc1ccc(I)cc1. The molecule has 2 aromatic carbocycles. The van der Waals surface area contributed by atoms with E-state index in [2.05, 4.69) is 46.9 Å². The molecular weight excluding hydrogens is 359 g/mol. The van der Waals surface area contributed by atoms with Crippen LogP contribution >= 0.6 is 34.2 Å². The van der Waals surface area contributed by atoms with E-state index in [0.717, 1.165) is 21.9 Å². The molecule has 1 nitrogen and oxygen atoms in total. The summed E-state index contributed by atoms with van der Waals surface area (Å²) in [5.74, 6) is 0.929. The Hall–Kier alpha value is -0.740. The third kappa shape index (κ3) is 3.39. The van der Waals surface area contributed by atoms with Crippen molar-refractivity contribution in [2.24, 2.45) is 0 Å². The van der Waals surface area contributed by atoms with Crippen molar-refractivity contribution in [3.63, 3.8) is 0 Å². The quantitative estimate of drug-likeness (QED) is 0.678. The first-order valence-electron chi connectivity index (χ1n) is 5.70. The van der Waals surface area contributed by atoms with E-state index in [1.54, 1.807) is 0 Å². The maximum Gasteiger partial charge on any atom is 0.125 e. The van der Waals surface area contributed by atoms with Crippen LogP contribution in [0.25, 0.3) is 0 Å². The van der Waals surface area contributed by atoms with E-state index in [4.69, 9.17) is 16.3 Å². The molecule has 0 unspecified atom stereocenters. The Kier molecular flexibility index (Phi) is 4.51. The van der Waals surface area contributed by atoms with Crippen LogP contribution in [0.15, 0.2) is 36.4 Å². The first kappa shape index (κ1) is 13.7. The zero-order valence-electron chi connectivity index (χ0n) is 10.3. The fourth-order valence-corrected chi connectivity index (χ4v) is 2.55. The fraction of sp³-hybridized carbons (Fsp3) is 0.200. The monoisotopic (exact) mass is 372 g/mol. The molecule has 0 bridgehead atoms. The van der Waals surface area contributed by atoms with Crippen molar-refractivity contribution < 1.29 is 4.74 Å². The van der Waals surface area contributed by atoms with E-state index in [1.165, 1.54) is 9.13 Å². The Labute approximate surface area is 126 Å². The molecule has 0 spiro atoms. The van der Waals surface area contributed by atoms with Crippen LogP contribution < -0.4 is 4.74 Å². The maximum absolute atomic E-state index is 6.00. The average Bonchev–Trinajstić information content (AvgIpc) is 2.30. The molecule has 0 heterocycles. The molecule has 0 aliphatic heterocycles. The molecule has 2 aromatic rings. The van der Waals surface area contributed by atoms with Crippen LogP contribution in [0.1, 0.15) is 16.7 Å². The number of aryl methyl sites for hydroxylation is 2. The van der Waals surface area contributed by atoms with Gasteiger partial charge in [0.1, 0.15) is 12.4 Å². The lowest BCUT2D eigenvalue weighted by Crippen LogP contribution is -1.99. The smallest absolute Gasteiger partial charge is 0.125 e. The van der Waals surface area contributed by atoms with Crippen LogP contribution in [0.2, 0.25) is 5.02 Å². The summed E-state index contributed by atoms with van der Waals surface area (Å²) in [6.07, 6.45) is 0. The second kappa shape index (κ2) is 5.93. The Morgan fingerprint density at radius 3 is 2.17 bits per heavy atom. The van der Waals surface area contributed by atoms with Crippen LogP contribution in [0.4, 0.5) is 0 Å². The fourth-order valence-electron chi connectivity index (χ4n) is 1.86. The lowest BCUT2D eigenvalue weighted by Gasteiger charge is -2.12. The number of hydrogen-bond donors (Lipinski definition) is 0. The first-order chi connectivity index (χ1) is 8.56. The van der Waals surface area contributed by atoms with E-state index < -0.39 is 0 Å². The summed E-state index contributed by atoms with van der Waals surface area (Å²) in [4.78, 5) is 0. The van der Waals surface area contributed by atoms with Crippen molar-refractivity contribution in [3.05, 3.63) is 61.7 Å². The molecule has 94 valence electrons. The minimum absolute atomic E-state index is 0.584. The summed E-state index contributed by atoms with van der Waals surface area (Å²) < 4.78 is 7.12. The lowest BCUT2D eigenvalue weighted by molar-refractivity contribution is 0.302. The third-order valence-electron chi connectivity index (χ3n) is 2.72. The first-order valence-corrected chi connectivity index (χ1v) is 7.16. The number of halogens is 2. The Bertz CT molecular complexity index is 526. The van der Waals surface area contributed by atoms with Gasteiger partial charge in [-0.1, -0.05) is 23.7 Å². The summed E-state index contributed by atoms with van der Waals surface area (Å²) in [5, 5.41) is 0.756. The largest absolute Gasteiger partial charge is 0.488 e. The van der Waals surface area contributed by atoms with Gasteiger partial charge in [0.15, 0.2) is 0 Å². The minimum atomic E-state index is 0.584. The molecule has 0 atom stereocenters. The Morgan fingerprint density at radius 1 is 1.06 bits per heavy atom. The third-order valence-corrected chi connectivity index (χ3v) is 3.66. The highest BCUT2D eigenvalue weighted by Crippen LogP contribution is 2.27. The Morgan fingerprint density at radius 2 is 1.61 bits per heavy atom. The van der Waals surface area contributed by atoms with Gasteiger partial charge in [-0.25, -0.2) is 0 Å². The van der Waals surface area contributed by atoms with Crippen molar-refractivity contribution >= 4 is 34.2 Å². The van der Waals surface area contributed by atoms with Gasteiger partial charge in [0, 0.05) is 8.59 Å². The normalized spacial score (nSPS) is 10.4. The van der Waals surface area contributed by atoms with Gasteiger partial charge in [-0.2, -0.15) is 0 Å². The van der Waals surface area contributed by atoms with E-state index >= 15 is 0 Å². The summed E-state index contributed by atoms with van der Waals surface area (Å²) >= 11 is 8.30. The molecule has 0 aliphatic rings. The highest BCUT2D eigenvalue weighted by Gasteiger charge is 2.06. The van der Waals surface area contributed by atoms with E-state index in [9.17, 15) is 0 Å². The van der Waals surface area contributed by atoms with Crippen molar-refractivity contribution in [2.45, 2.75) is 20.5 Å². The summed E-state index contributed by atoms with van der Waals surface area (Å²) in [7, 11) is 0. The molecular formula is C15H14ClIO. The van der Waals surface area contributed by atoms with Crippen molar-refractivity contribution in [1.82, 2.24) is 0 Å². The van der Waals surface area contributed by atoms with Gasteiger partial charge < -0.3 is 4.74 Å². The Balaban J connectivity index is 2.13. The zero-order valence-corrected chi connectivity index (χ0v) is 13.2. The van der Waals surface area contributed by atoms with Crippen LogP contribution in [-0.4, -0.2) is 0 Å². The van der Waals surface area contributed by atoms with Crippen molar-refractivity contribution in [3.8, 4) is 5.75 Å². The molecule has 0 N–H and O–H groups in total. The summed E-state index contributed by atoms with van der Waals surface area (Å²) in [5.41, 5.74) is 3.32. The maximum atomic E-state index is 6.00. The second-order valence-corrected chi connectivity index (χ2v) is 5.97. The molecule has 0 fully saturated rings. The average molecular weight is 373 g/mol. The minimum Gasteiger partial charge on any atom is -0.488 e. The highest BCUT2D eigenvalue weighted by molar-refractivity contribution is 14.1. The standard InChI is InChI=1S/C15H14ClIO/c1-10-7-13(16)8-11(2)15(10)18-9-12-3-5-14(17)6-4-12/h3-8H,9H2,1-2H3. The van der Waals surface area contributed by atoms with E-state index in [-0.39, 0.29) is 0 Å². The molecule has 0 saturated heterocycles. The zero-order chi connectivity index (χ0) is 13.1. The van der Waals surface area contributed by atoms with Gasteiger partial charge in [-0.05, 0) is 77.4 Å². The molecule has 0 radical (unpaired) electrons. The summed E-state index contributed by atoms with van der Waals surface area (Å²) in [6, 6.07) is 12.2. The van der Waals surface area contributed by atoms with Crippen LogP contribution in [0.3, 0.4) is 0 Å². The van der Waals surface area contributed by atoms with Gasteiger partial charge in [-0.15, -0.1) is 0 Å². The summed E-state index contributed by atoms with van der Waals surface area (Å²) in [6.45, 7) is 4.62. The molecule has 2 rings (SSSR count). The lowest BCUT2D eigenvalue weighted by atomic mass is 10.1. The predicted molar refractivity (Wildman–Crippen MR) is 84.4 cm³/mol. The van der Waals surface area contributed by atoms with Crippen LogP contribution in [0, 0.1) is 17.4 Å². The number of ether oxygens (including phenoxy) is 1. The van der Waals surface area contributed by atoms with Crippen molar-refractivity contribution in [2.75, 3.05) is 0 Å². The van der Waals surface area contributed by atoms with Gasteiger partial charge in [0.25, 0.3) is 0 Å². The molecule has 18 heavy (non-hydrogen) atoms. The van der Waals surface area contributed by atoms with E-state index in [1.807, 2.05) is 26.0 Å². The topological polar surface area (TPSA) is 9.23 Å². The molecule has 0 aromatic heterocycles. The second-order valence-electron chi connectivity index (χ2n) is 4.28. The predicted octanol–water partition coefficient (Wildman–Crippen LogP) is 5.14.